The van der Waals surface area contributed by atoms with Gasteiger partial charge in [0.15, 0.2) is 5.79 Å². The molecule has 1 fully saturated rings. The van der Waals surface area contributed by atoms with Crippen LogP contribution in [0.2, 0.25) is 0 Å². The monoisotopic (exact) mass is 496 g/mol. The van der Waals surface area contributed by atoms with E-state index in [1.807, 2.05) is 38.1 Å². The third-order valence-electron chi connectivity index (χ3n) is 5.00. The molecule has 0 radical (unpaired) electrons. The molecule has 148 valence electrons. The van der Waals surface area contributed by atoms with Gasteiger partial charge in [-0.1, -0.05) is 41.1 Å². The Morgan fingerprint density at radius 3 is 2.71 bits per heavy atom. The molecule has 2 aliphatic heterocycles. The molecule has 0 bridgehead atoms. The summed E-state index contributed by atoms with van der Waals surface area (Å²) >= 11 is 1.78. The van der Waals surface area contributed by atoms with Crippen molar-refractivity contribution in [3.63, 3.8) is 0 Å². The van der Waals surface area contributed by atoms with E-state index in [0.29, 0.717) is 24.3 Å². The number of benzene rings is 2. The third kappa shape index (κ3) is 3.99. The van der Waals surface area contributed by atoms with Crippen LogP contribution in [0, 0.1) is 5.82 Å². The molecule has 0 aromatic heterocycles. The van der Waals surface area contributed by atoms with Crippen LogP contribution in [0.3, 0.4) is 0 Å². The summed E-state index contributed by atoms with van der Waals surface area (Å²) in [5.74, 6) is 0.188. The highest BCUT2D eigenvalue weighted by Gasteiger charge is 2.38. The van der Waals surface area contributed by atoms with Gasteiger partial charge < -0.3 is 23.0 Å². The quantitative estimate of drug-likeness (QED) is 0.280. The Hall–Kier alpha value is -1.78. The van der Waals surface area contributed by atoms with Crippen LogP contribution in [0.1, 0.15) is 43.4 Å². The van der Waals surface area contributed by atoms with Crippen molar-refractivity contribution in [1.82, 2.24) is 0 Å². The molecule has 0 spiro atoms. The second-order valence-corrected chi connectivity index (χ2v) is 7.77. The van der Waals surface area contributed by atoms with E-state index in [0.717, 1.165) is 11.3 Å². The van der Waals surface area contributed by atoms with Crippen LogP contribution in [0.4, 0.5) is 4.39 Å². The van der Waals surface area contributed by atoms with E-state index in [4.69, 9.17) is 14.2 Å². The van der Waals surface area contributed by atoms with Crippen molar-refractivity contribution >= 4 is 22.9 Å². The number of fused-ring (bicyclic) bond motifs is 2. The summed E-state index contributed by atoms with van der Waals surface area (Å²) in [4.78, 5) is 0. The molecule has 0 saturated carbocycles. The van der Waals surface area contributed by atoms with Crippen molar-refractivity contribution in [1.29, 1.82) is 0 Å². The SMILES string of the molecule is CC1(C)OC[C@@H](C[C@@H]2c3ccccc3Oc3ccc(F)cc3C2[N-]N=NI)O1. The molecule has 2 aliphatic rings. The molecular weight excluding hydrogens is 476 g/mol. The first kappa shape index (κ1) is 19.5. The smallest absolute Gasteiger partial charge is 0.163 e. The summed E-state index contributed by atoms with van der Waals surface area (Å²) < 4.78 is 35.7. The van der Waals surface area contributed by atoms with E-state index in [1.54, 1.807) is 28.9 Å². The second kappa shape index (κ2) is 7.92. The first-order chi connectivity index (χ1) is 13.5. The molecule has 28 heavy (non-hydrogen) atoms. The van der Waals surface area contributed by atoms with Crippen LogP contribution in [-0.2, 0) is 9.47 Å². The molecule has 0 aliphatic carbocycles. The van der Waals surface area contributed by atoms with E-state index in [-0.39, 0.29) is 17.8 Å². The van der Waals surface area contributed by atoms with Crippen molar-refractivity contribution in [3.8, 4) is 11.5 Å². The maximum absolute atomic E-state index is 14.1. The number of nitrogens with zero attached hydrogens (tertiary/aromatic N) is 3. The summed E-state index contributed by atoms with van der Waals surface area (Å²) in [6, 6.07) is 11.8. The van der Waals surface area contributed by atoms with Gasteiger partial charge in [-0.15, -0.1) is 0 Å². The third-order valence-corrected chi connectivity index (χ3v) is 5.20. The van der Waals surface area contributed by atoms with Crippen molar-refractivity contribution in [3.05, 3.63) is 64.8 Å². The molecule has 2 heterocycles. The topological polar surface area (TPSA) is 66.5 Å². The minimum absolute atomic E-state index is 0.114. The Morgan fingerprint density at radius 1 is 1.18 bits per heavy atom. The Morgan fingerprint density at radius 2 is 1.96 bits per heavy atom. The zero-order chi connectivity index (χ0) is 19.7. The fourth-order valence-corrected chi connectivity index (χ4v) is 3.98. The number of hydrogen-bond acceptors (Lipinski definition) is 5. The lowest BCUT2D eigenvalue weighted by atomic mass is 9.83. The molecule has 3 atom stereocenters. The lowest BCUT2D eigenvalue weighted by Gasteiger charge is -2.31. The van der Waals surface area contributed by atoms with Gasteiger partial charge in [0.25, 0.3) is 0 Å². The maximum atomic E-state index is 14.1. The van der Waals surface area contributed by atoms with Crippen LogP contribution in [-0.4, -0.2) is 18.5 Å². The highest BCUT2D eigenvalue weighted by molar-refractivity contribution is 14.1. The molecule has 1 unspecified atom stereocenters. The predicted molar refractivity (Wildman–Crippen MR) is 110 cm³/mol. The minimum Gasteiger partial charge on any atom is -0.457 e. The fraction of sp³-hybridized carbons (Fsp3) is 0.400. The van der Waals surface area contributed by atoms with Crippen molar-refractivity contribution < 1.29 is 18.6 Å². The molecule has 0 N–H and O–H groups in total. The fourth-order valence-electron chi connectivity index (χ4n) is 3.86. The van der Waals surface area contributed by atoms with E-state index in [1.165, 1.54) is 12.1 Å². The van der Waals surface area contributed by atoms with Crippen LogP contribution in [0.25, 0.3) is 5.43 Å². The van der Waals surface area contributed by atoms with Gasteiger partial charge in [0, 0.05) is 11.6 Å². The molecule has 4 rings (SSSR count). The molecule has 1 saturated heterocycles. The summed E-state index contributed by atoms with van der Waals surface area (Å²) in [5, 5.41) is 3.88. The van der Waals surface area contributed by atoms with Gasteiger partial charge in [-0.2, -0.15) is 0 Å². The zero-order valence-electron chi connectivity index (χ0n) is 15.5. The lowest BCUT2D eigenvalue weighted by molar-refractivity contribution is -0.139. The van der Waals surface area contributed by atoms with Gasteiger partial charge in [-0.25, -0.2) is 4.39 Å². The van der Waals surface area contributed by atoms with E-state index in [2.05, 4.69) is 14.0 Å². The van der Waals surface area contributed by atoms with Crippen molar-refractivity contribution in [2.75, 3.05) is 6.61 Å². The second-order valence-electron chi connectivity index (χ2n) is 7.34. The highest BCUT2D eigenvalue weighted by atomic mass is 127. The van der Waals surface area contributed by atoms with Gasteiger partial charge in [-0.05, 0) is 56.0 Å². The van der Waals surface area contributed by atoms with Crippen molar-refractivity contribution in [2.45, 2.75) is 44.1 Å². The van der Waals surface area contributed by atoms with Gasteiger partial charge in [-0.3, -0.25) is 5.22 Å². The van der Waals surface area contributed by atoms with Crippen LogP contribution < -0.4 is 4.74 Å². The first-order valence-electron chi connectivity index (χ1n) is 9.06. The first-order valence-corrected chi connectivity index (χ1v) is 10.0. The zero-order valence-corrected chi connectivity index (χ0v) is 17.7. The number of ether oxygens (including phenoxy) is 3. The van der Waals surface area contributed by atoms with E-state index < -0.39 is 11.8 Å². The van der Waals surface area contributed by atoms with Crippen molar-refractivity contribution in [2.24, 2.45) is 8.55 Å². The lowest BCUT2D eigenvalue weighted by Crippen LogP contribution is -2.23. The molecule has 2 aromatic rings. The van der Waals surface area contributed by atoms with Crippen LogP contribution in [0.5, 0.6) is 11.5 Å². The normalized spacial score (nSPS) is 25.6. The summed E-state index contributed by atoms with van der Waals surface area (Å²) in [6.45, 7) is 4.28. The summed E-state index contributed by atoms with van der Waals surface area (Å²) in [5.41, 5.74) is 6.03. The van der Waals surface area contributed by atoms with E-state index in [9.17, 15) is 4.39 Å². The molecule has 6 nitrogen and oxygen atoms in total. The molecule has 0 amide bonds. The largest absolute Gasteiger partial charge is 0.457 e. The standard InChI is InChI=1S/C20H20FIN3O3/c1-20(2)26-11-13(28-20)10-15-14-5-3-4-6-17(14)27-18-8-7-12(21)9-16(18)19(15)23-25-24-22/h3-9,13,15,19H,10-11H2,1-2H3/q-1/t13-,15-,19?/m1/s1. The Labute approximate surface area is 176 Å². The van der Waals surface area contributed by atoms with Crippen LogP contribution >= 0.6 is 22.9 Å². The molecule has 2 aromatic carbocycles. The van der Waals surface area contributed by atoms with E-state index >= 15 is 0 Å². The summed E-state index contributed by atoms with van der Waals surface area (Å²) in [6.07, 6.45) is 0.516. The van der Waals surface area contributed by atoms with Gasteiger partial charge in [0.05, 0.1) is 12.7 Å². The van der Waals surface area contributed by atoms with Gasteiger partial charge in [0.1, 0.15) is 17.3 Å². The Balaban J connectivity index is 1.78. The molecule has 8 heteroatoms. The Bertz CT molecular complexity index is 893. The number of halogens is 2. The van der Waals surface area contributed by atoms with Crippen LogP contribution in [0.15, 0.2) is 51.0 Å². The maximum Gasteiger partial charge on any atom is 0.163 e. The number of hydrogen-bond donors (Lipinski definition) is 0. The Kier molecular flexibility index (Phi) is 5.52. The number of rotatable bonds is 4. The highest BCUT2D eigenvalue weighted by Crippen LogP contribution is 2.51. The minimum atomic E-state index is -0.621. The van der Waals surface area contributed by atoms with Gasteiger partial charge in [0.2, 0.25) is 0 Å². The average Bonchev–Trinajstić information content (AvgIpc) is 2.95. The average molecular weight is 496 g/mol. The predicted octanol–water partition coefficient (Wildman–Crippen LogP) is 6.39. The summed E-state index contributed by atoms with van der Waals surface area (Å²) in [7, 11) is 0. The number of para-hydroxylation sites is 1. The van der Waals surface area contributed by atoms with Gasteiger partial charge >= 0.3 is 0 Å². The molecular formula is C20H20FIN3O3-.